The van der Waals surface area contributed by atoms with Crippen LogP contribution in [0.4, 0.5) is 0 Å². The molecule has 5 nitrogen and oxygen atoms in total. The van der Waals surface area contributed by atoms with Gasteiger partial charge in [-0.05, 0) is 19.3 Å². The Morgan fingerprint density at radius 3 is 2.62 bits per heavy atom. The van der Waals surface area contributed by atoms with Crippen LogP contribution in [0.25, 0.3) is 0 Å². The maximum absolute atomic E-state index is 10.8. The number of aliphatic carboxylic acids is 1. The molecule has 0 aromatic carbocycles. The van der Waals surface area contributed by atoms with Gasteiger partial charge in [-0.1, -0.05) is 0 Å². The van der Waals surface area contributed by atoms with Crippen molar-refractivity contribution in [3.63, 3.8) is 0 Å². The molecule has 0 radical (unpaired) electrons. The normalized spacial score (nSPS) is 26.4. The van der Waals surface area contributed by atoms with Gasteiger partial charge < -0.3 is 15.5 Å². The van der Waals surface area contributed by atoms with Gasteiger partial charge in [0.2, 0.25) is 5.91 Å². The molecule has 1 fully saturated rings. The molecule has 1 aliphatic carbocycles. The number of thioether (sulfide) groups is 1. The van der Waals surface area contributed by atoms with Gasteiger partial charge in [-0.2, -0.15) is 11.8 Å². The van der Waals surface area contributed by atoms with Gasteiger partial charge in [-0.25, -0.2) is 4.79 Å². The Balaban J connectivity index is 2.37. The Kier molecular flexibility index (Phi) is 5.08. The third-order valence-corrected chi connectivity index (χ3v) is 4.07. The molecular formula is C10H17NO4S. The van der Waals surface area contributed by atoms with E-state index >= 15 is 0 Å². The van der Waals surface area contributed by atoms with Crippen LogP contribution in [0, 0.1) is 0 Å². The number of aliphatic hydroxyl groups is 1. The van der Waals surface area contributed by atoms with Gasteiger partial charge in [0.25, 0.3) is 0 Å². The van der Waals surface area contributed by atoms with Crippen LogP contribution in [-0.4, -0.2) is 45.2 Å². The topological polar surface area (TPSA) is 86.6 Å². The maximum atomic E-state index is 10.8. The molecule has 0 aromatic rings. The van der Waals surface area contributed by atoms with Crippen molar-refractivity contribution in [3.05, 3.63) is 0 Å². The minimum absolute atomic E-state index is 0.107. The Morgan fingerprint density at radius 1 is 1.50 bits per heavy atom. The third-order valence-electron chi connectivity index (χ3n) is 2.57. The molecule has 3 atom stereocenters. The van der Waals surface area contributed by atoms with Gasteiger partial charge in [0.15, 0.2) is 0 Å². The van der Waals surface area contributed by atoms with Crippen molar-refractivity contribution in [1.82, 2.24) is 5.32 Å². The van der Waals surface area contributed by atoms with E-state index < -0.39 is 12.0 Å². The molecule has 1 aliphatic rings. The molecule has 0 spiro atoms. The number of carboxylic acid groups (broad SMARTS) is 1. The summed E-state index contributed by atoms with van der Waals surface area (Å²) >= 11 is 1.42. The number of carboxylic acids is 1. The van der Waals surface area contributed by atoms with Crippen LogP contribution in [0.15, 0.2) is 0 Å². The van der Waals surface area contributed by atoms with E-state index in [1.54, 1.807) is 0 Å². The molecule has 2 unspecified atom stereocenters. The average molecular weight is 247 g/mol. The molecule has 0 aromatic heterocycles. The highest BCUT2D eigenvalue weighted by Gasteiger charge is 2.28. The van der Waals surface area contributed by atoms with Crippen molar-refractivity contribution in [2.24, 2.45) is 0 Å². The van der Waals surface area contributed by atoms with Crippen molar-refractivity contribution in [1.29, 1.82) is 0 Å². The summed E-state index contributed by atoms with van der Waals surface area (Å²) in [6.07, 6.45) is 2.35. The summed E-state index contributed by atoms with van der Waals surface area (Å²) in [7, 11) is 0. The number of carbonyl (C=O) groups excluding carboxylic acids is 1. The zero-order valence-corrected chi connectivity index (χ0v) is 10.00. The second kappa shape index (κ2) is 6.10. The van der Waals surface area contributed by atoms with Crippen LogP contribution < -0.4 is 5.32 Å². The minimum atomic E-state index is -1.03. The number of amides is 1. The third kappa shape index (κ3) is 4.02. The molecule has 1 rings (SSSR count). The summed E-state index contributed by atoms with van der Waals surface area (Å²) in [5.41, 5.74) is 0. The lowest BCUT2D eigenvalue weighted by atomic mass is 10.3. The van der Waals surface area contributed by atoms with Gasteiger partial charge in [0.1, 0.15) is 6.04 Å². The summed E-state index contributed by atoms with van der Waals surface area (Å²) in [6.45, 7) is 1.30. The quantitative estimate of drug-likeness (QED) is 0.647. The van der Waals surface area contributed by atoms with Crippen LogP contribution >= 0.6 is 11.8 Å². The fraction of sp³-hybridized carbons (Fsp3) is 0.800. The number of aliphatic hydroxyl groups excluding tert-OH is 1. The second-order valence-electron chi connectivity index (χ2n) is 3.96. The van der Waals surface area contributed by atoms with E-state index in [0.717, 1.165) is 19.3 Å². The molecule has 0 heterocycles. The van der Waals surface area contributed by atoms with Crippen LogP contribution in [0.2, 0.25) is 0 Å². The Morgan fingerprint density at radius 2 is 2.19 bits per heavy atom. The molecule has 0 aliphatic heterocycles. The van der Waals surface area contributed by atoms with Gasteiger partial charge in [-0.3, -0.25) is 4.79 Å². The summed E-state index contributed by atoms with van der Waals surface area (Å²) in [4.78, 5) is 21.6. The van der Waals surface area contributed by atoms with E-state index in [1.807, 2.05) is 0 Å². The van der Waals surface area contributed by atoms with Crippen LogP contribution in [0.1, 0.15) is 26.2 Å². The van der Waals surface area contributed by atoms with E-state index in [0.29, 0.717) is 5.75 Å². The van der Waals surface area contributed by atoms with Crippen LogP contribution in [-0.2, 0) is 9.59 Å². The molecule has 1 amide bonds. The van der Waals surface area contributed by atoms with Crippen molar-refractivity contribution >= 4 is 23.6 Å². The molecule has 3 N–H and O–H groups in total. The molecular weight excluding hydrogens is 230 g/mol. The first kappa shape index (κ1) is 13.3. The maximum Gasteiger partial charge on any atom is 0.327 e. The van der Waals surface area contributed by atoms with E-state index in [2.05, 4.69) is 5.32 Å². The molecule has 6 heteroatoms. The van der Waals surface area contributed by atoms with Crippen molar-refractivity contribution < 1.29 is 19.8 Å². The highest BCUT2D eigenvalue weighted by atomic mass is 32.2. The molecule has 0 saturated heterocycles. The summed E-state index contributed by atoms with van der Waals surface area (Å²) in [6, 6.07) is -0.865. The predicted molar refractivity (Wildman–Crippen MR) is 61.3 cm³/mol. The largest absolute Gasteiger partial charge is 0.480 e. The van der Waals surface area contributed by atoms with Gasteiger partial charge >= 0.3 is 5.97 Å². The monoisotopic (exact) mass is 247 g/mol. The first-order valence-electron chi connectivity index (χ1n) is 5.30. The fourth-order valence-corrected chi connectivity index (χ4v) is 3.10. The van der Waals surface area contributed by atoms with Crippen LogP contribution in [0.5, 0.6) is 0 Å². The first-order valence-corrected chi connectivity index (χ1v) is 6.35. The lowest BCUT2D eigenvalue weighted by molar-refractivity contribution is -0.140. The first-order chi connectivity index (χ1) is 7.50. The molecule has 16 heavy (non-hydrogen) atoms. The van der Waals surface area contributed by atoms with E-state index in [4.69, 9.17) is 5.11 Å². The second-order valence-corrected chi connectivity index (χ2v) is 5.23. The van der Waals surface area contributed by atoms with E-state index in [9.17, 15) is 14.7 Å². The lowest BCUT2D eigenvalue weighted by Gasteiger charge is -2.17. The highest BCUT2D eigenvalue weighted by molar-refractivity contribution is 8.00. The molecule has 0 bridgehead atoms. The van der Waals surface area contributed by atoms with Crippen molar-refractivity contribution in [2.75, 3.05) is 5.75 Å². The number of rotatable bonds is 5. The number of hydrogen-bond acceptors (Lipinski definition) is 4. The zero-order valence-electron chi connectivity index (χ0n) is 9.18. The smallest absolute Gasteiger partial charge is 0.327 e. The number of nitrogens with one attached hydrogen (secondary N) is 1. The van der Waals surface area contributed by atoms with Gasteiger partial charge in [0, 0.05) is 17.9 Å². The fourth-order valence-electron chi connectivity index (χ4n) is 1.74. The minimum Gasteiger partial charge on any atom is -0.480 e. The van der Waals surface area contributed by atoms with Gasteiger partial charge in [0.05, 0.1) is 6.10 Å². The van der Waals surface area contributed by atoms with Crippen molar-refractivity contribution in [3.8, 4) is 0 Å². The standard InChI is InChI=1S/C10H17NO4S/c1-6(12)11-7(10(14)15)5-16-9-4-2-3-8(9)13/h7-9,13H,2-5H2,1H3,(H,11,12)(H,14,15)/t7-,8?,9?/m0/s1. The lowest BCUT2D eigenvalue weighted by Crippen LogP contribution is -2.42. The predicted octanol–water partition coefficient (Wildman–Crippen LogP) is 0.222. The summed E-state index contributed by atoms with van der Waals surface area (Å²) < 4.78 is 0. The van der Waals surface area contributed by atoms with Gasteiger partial charge in [-0.15, -0.1) is 0 Å². The Bertz CT molecular complexity index is 272. The van der Waals surface area contributed by atoms with Crippen LogP contribution in [0.3, 0.4) is 0 Å². The van der Waals surface area contributed by atoms with E-state index in [-0.39, 0.29) is 17.3 Å². The Hall–Kier alpha value is -0.750. The van der Waals surface area contributed by atoms with Crippen molar-refractivity contribution in [2.45, 2.75) is 43.6 Å². The molecule has 1 saturated carbocycles. The Labute approximate surface area is 98.6 Å². The summed E-state index contributed by atoms with van der Waals surface area (Å²) in [5.74, 6) is -1.08. The average Bonchev–Trinajstić information content (AvgIpc) is 2.57. The molecule has 92 valence electrons. The zero-order chi connectivity index (χ0) is 12.1. The summed E-state index contributed by atoms with van der Waals surface area (Å²) in [5, 5.41) is 20.9. The SMILES string of the molecule is CC(=O)N[C@@H](CSC1CCCC1O)C(=O)O. The number of hydrogen-bond donors (Lipinski definition) is 3. The highest BCUT2D eigenvalue weighted by Crippen LogP contribution is 2.30. The van der Waals surface area contributed by atoms with E-state index in [1.165, 1.54) is 18.7 Å². The number of carbonyl (C=O) groups is 2.